The third-order valence-electron chi connectivity index (χ3n) is 6.79. The number of carbonyl (C=O) groups excluding carboxylic acids is 1. The molecule has 47 heavy (non-hydrogen) atoms. The van der Waals surface area contributed by atoms with Gasteiger partial charge in [0.15, 0.2) is 5.69 Å². The van der Waals surface area contributed by atoms with Crippen molar-refractivity contribution < 1.29 is 24.2 Å². The monoisotopic (exact) mass is 662 g/mol. The number of carboxylic acid groups (broad SMARTS) is 1. The van der Waals surface area contributed by atoms with Crippen LogP contribution in [0.3, 0.4) is 0 Å². The van der Waals surface area contributed by atoms with Crippen LogP contribution in [0.2, 0.25) is 5.02 Å². The van der Waals surface area contributed by atoms with Gasteiger partial charge in [0.2, 0.25) is 11.8 Å². The number of aromatic carboxylic acids is 1. The first kappa shape index (κ1) is 34.5. The highest BCUT2D eigenvalue weighted by molar-refractivity contribution is 6.30. The summed E-state index contributed by atoms with van der Waals surface area (Å²) in [7, 11) is 2.94. The average molecular weight is 663 g/mol. The zero-order chi connectivity index (χ0) is 34.6. The number of hydrogen-bond acceptors (Lipinski definition) is 11. The maximum Gasteiger partial charge on any atom is 0.356 e. The van der Waals surface area contributed by atoms with E-state index in [9.17, 15) is 24.8 Å². The molecular weight excluding hydrogens is 628 g/mol. The number of hydrogen-bond donors (Lipinski definition) is 3. The molecule has 0 radical (unpaired) electrons. The maximum atomic E-state index is 12.8. The summed E-state index contributed by atoms with van der Waals surface area (Å²) < 4.78 is 13.6. The van der Waals surface area contributed by atoms with E-state index in [2.05, 4.69) is 31.8 Å². The summed E-state index contributed by atoms with van der Waals surface area (Å²) >= 11 is 6.22. The summed E-state index contributed by atoms with van der Waals surface area (Å²) in [6.07, 6.45) is 2.96. The fourth-order valence-corrected chi connectivity index (χ4v) is 5.13. The molecule has 0 bridgehead atoms. The van der Waals surface area contributed by atoms with Gasteiger partial charge in [-0.05, 0) is 50.5 Å². The van der Waals surface area contributed by atoms with E-state index in [0.29, 0.717) is 28.1 Å². The number of aromatic nitrogens is 5. The summed E-state index contributed by atoms with van der Waals surface area (Å²) in [5, 5.41) is 30.5. The second-order valence-corrected chi connectivity index (χ2v) is 12.3. The van der Waals surface area contributed by atoms with Crippen LogP contribution in [0.15, 0.2) is 47.5 Å². The first-order valence-electron chi connectivity index (χ1n) is 14.5. The minimum atomic E-state index is -1.30. The Morgan fingerprint density at radius 2 is 1.87 bits per heavy atom. The number of carbonyl (C=O) groups is 2. The van der Waals surface area contributed by atoms with E-state index >= 15 is 0 Å². The van der Waals surface area contributed by atoms with Crippen molar-refractivity contribution in [2.45, 2.75) is 52.2 Å². The van der Waals surface area contributed by atoms with E-state index < -0.39 is 29.1 Å². The fraction of sp³-hybridized carbons (Fsp3) is 0.344. The highest BCUT2D eigenvalue weighted by atomic mass is 35.5. The summed E-state index contributed by atoms with van der Waals surface area (Å²) in [6.45, 7) is 8.84. The second kappa shape index (κ2) is 13.9. The van der Waals surface area contributed by atoms with Gasteiger partial charge in [0, 0.05) is 18.8 Å². The molecule has 4 aromatic rings. The van der Waals surface area contributed by atoms with Gasteiger partial charge >= 0.3 is 11.9 Å². The van der Waals surface area contributed by atoms with Crippen LogP contribution in [0, 0.1) is 11.3 Å². The standard InChI is InChI=1S/C32H35ClN8O6/c1-17(2)27-24(25(19-10-8-18(13-34)9-11-19)37-20-12-21(33)29(43)40(6)16-20)26(30(44)45)39-41(27)22-14-35-31(38-28(22)46-7)36-15-23(42)47-32(3,4)5/h8-12,14,16-17,25,37H,15H2,1-7H3,(H,44,45)(H,35,36,38). The Balaban J connectivity index is 1.89. The lowest BCUT2D eigenvalue weighted by molar-refractivity contribution is -0.152. The summed E-state index contributed by atoms with van der Waals surface area (Å²) in [5.41, 5.74) is 1.20. The highest BCUT2D eigenvalue weighted by Gasteiger charge is 2.33. The Kier molecular flexibility index (Phi) is 10.2. The predicted molar refractivity (Wildman–Crippen MR) is 174 cm³/mol. The van der Waals surface area contributed by atoms with E-state index in [1.807, 2.05) is 13.8 Å². The molecule has 3 aromatic heterocycles. The van der Waals surface area contributed by atoms with Crippen LogP contribution in [0.5, 0.6) is 5.88 Å². The number of pyridine rings is 1. The van der Waals surface area contributed by atoms with Gasteiger partial charge in [0.1, 0.15) is 22.9 Å². The van der Waals surface area contributed by atoms with Crippen LogP contribution in [0.25, 0.3) is 5.69 Å². The number of nitriles is 1. The number of aryl methyl sites for hydroxylation is 1. The number of anilines is 2. The minimum absolute atomic E-state index is 0.0310. The summed E-state index contributed by atoms with van der Waals surface area (Å²) in [5.74, 6) is -1.96. The molecule has 1 unspecified atom stereocenters. The van der Waals surface area contributed by atoms with Crippen molar-refractivity contribution in [2.75, 3.05) is 24.3 Å². The Morgan fingerprint density at radius 1 is 1.19 bits per heavy atom. The normalized spacial score (nSPS) is 11.9. The maximum absolute atomic E-state index is 12.8. The molecule has 0 aliphatic carbocycles. The van der Waals surface area contributed by atoms with E-state index in [-0.39, 0.29) is 40.7 Å². The molecule has 15 heteroatoms. The van der Waals surface area contributed by atoms with Crippen molar-refractivity contribution in [1.82, 2.24) is 24.3 Å². The molecule has 0 fully saturated rings. The zero-order valence-electron chi connectivity index (χ0n) is 27.0. The third-order valence-corrected chi connectivity index (χ3v) is 7.06. The topological polar surface area (TPSA) is 186 Å². The lowest BCUT2D eigenvalue weighted by Crippen LogP contribution is -2.28. The second-order valence-electron chi connectivity index (χ2n) is 11.9. The molecule has 246 valence electrons. The molecule has 0 spiro atoms. The van der Waals surface area contributed by atoms with Crippen LogP contribution in [-0.2, 0) is 16.6 Å². The van der Waals surface area contributed by atoms with Crippen LogP contribution in [-0.4, -0.2) is 60.6 Å². The van der Waals surface area contributed by atoms with E-state index in [1.54, 1.807) is 58.3 Å². The molecule has 0 amide bonds. The van der Waals surface area contributed by atoms with Crippen molar-refractivity contribution in [3.8, 4) is 17.6 Å². The lowest BCUT2D eigenvalue weighted by atomic mass is 9.91. The zero-order valence-corrected chi connectivity index (χ0v) is 27.7. The molecule has 0 saturated heterocycles. The number of esters is 1. The molecule has 0 saturated carbocycles. The Bertz CT molecular complexity index is 1880. The number of benzene rings is 1. The van der Waals surface area contributed by atoms with Gasteiger partial charge < -0.3 is 29.8 Å². The van der Waals surface area contributed by atoms with Crippen molar-refractivity contribution >= 4 is 35.2 Å². The van der Waals surface area contributed by atoms with Crippen LogP contribution >= 0.6 is 11.6 Å². The van der Waals surface area contributed by atoms with Gasteiger partial charge in [0.25, 0.3) is 5.56 Å². The average Bonchev–Trinajstić information content (AvgIpc) is 3.41. The number of halogens is 1. The van der Waals surface area contributed by atoms with Crippen LogP contribution in [0.4, 0.5) is 11.6 Å². The Labute approximate surface area is 275 Å². The van der Waals surface area contributed by atoms with Gasteiger partial charge in [-0.2, -0.15) is 15.3 Å². The number of rotatable bonds is 11. The molecule has 14 nitrogen and oxygen atoms in total. The largest absolute Gasteiger partial charge is 0.479 e. The first-order valence-corrected chi connectivity index (χ1v) is 14.9. The summed E-state index contributed by atoms with van der Waals surface area (Å²) in [6, 6.07) is 9.37. The van der Waals surface area contributed by atoms with Crippen molar-refractivity contribution in [2.24, 2.45) is 7.05 Å². The number of carboxylic acids is 1. The number of nitrogens with one attached hydrogen (secondary N) is 2. The molecule has 4 rings (SSSR count). The number of ether oxygens (including phenoxy) is 2. The Morgan fingerprint density at radius 3 is 2.43 bits per heavy atom. The van der Waals surface area contributed by atoms with Gasteiger partial charge in [-0.3, -0.25) is 9.59 Å². The van der Waals surface area contributed by atoms with Gasteiger partial charge in [-0.25, -0.2) is 14.5 Å². The van der Waals surface area contributed by atoms with Crippen molar-refractivity contribution in [3.63, 3.8) is 0 Å². The first-order chi connectivity index (χ1) is 22.1. The van der Waals surface area contributed by atoms with Gasteiger partial charge in [-0.1, -0.05) is 37.6 Å². The van der Waals surface area contributed by atoms with Crippen LogP contribution in [0.1, 0.15) is 79.5 Å². The highest BCUT2D eigenvalue weighted by Crippen LogP contribution is 2.38. The molecule has 0 aliphatic heterocycles. The third kappa shape index (κ3) is 7.87. The van der Waals surface area contributed by atoms with E-state index in [1.165, 1.54) is 28.6 Å². The SMILES string of the molecule is COc1nc(NCC(=O)OC(C)(C)C)ncc1-n1nc(C(=O)O)c(C(Nc2cc(Cl)c(=O)n(C)c2)c2ccc(C#N)cc2)c1C(C)C. The van der Waals surface area contributed by atoms with Gasteiger partial charge in [0.05, 0.1) is 42.4 Å². The van der Waals surface area contributed by atoms with E-state index in [4.69, 9.17) is 21.1 Å². The predicted octanol–water partition coefficient (Wildman–Crippen LogP) is 4.67. The summed E-state index contributed by atoms with van der Waals surface area (Å²) in [4.78, 5) is 46.0. The molecule has 1 aromatic carbocycles. The number of nitrogens with zero attached hydrogens (tertiary/aromatic N) is 6. The molecular formula is C32H35ClN8O6. The van der Waals surface area contributed by atoms with E-state index in [0.717, 1.165) is 0 Å². The molecule has 1 atom stereocenters. The smallest absolute Gasteiger partial charge is 0.356 e. The van der Waals surface area contributed by atoms with Crippen LogP contribution < -0.4 is 20.9 Å². The number of methoxy groups -OCH3 is 1. The molecule has 3 heterocycles. The fourth-order valence-electron chi connectivity index (χ4n) is 4.88. The Hall–Kier alpha value is -5.42. The molecule has 0 aliphatic rings. The van der Waals surface area contributed by atoms with Gasteiger partial charge in [-0.15, -0.1) is 0 Å². The van der Waals surface area contributed by atoms with Crippen molar-refractivity contribution in [3.05, 3.63) is 86.2 Å². The van der Waals surface area contributed by atoms with Crippen molar-refractivity contribution in [1.29, 1.82) is 5.26 Å². The molecule has 3 N–H and O–H groups in total. The quantitative estimate of drug-likeness (QED) is 0.189. The lowest BCUT2D eigenvalue weighted by Gasteiger charge is -2.24. The minimum Gasteiger partial charge on any atom is -0.479 e.